The van der Waals surface area contributed by atoms with E-state index in [1.165, 1.54) is 28.7 Å². The predicted molar refractivity (Wildman–Crippen MR) is 135 cm³/mol. The molecule has 3 aliphatic rings. The minimum atomic E-state index is 0.475. The topological polar surface area (TPSA) is 42.2 Å². The van der Waals surface area contributed by atoms with E-state index in [-0.39, 0.29) is 0 Å². The second kappa shape index (κ2) is 7.11. The standard InChI is InChI=1S/C31H25NO2/c1-33-30-22-9-5-6-10-23(22)31(34-2)29-26-15-25(28(29)30)24-14-19(27(24)26)13-17-11-12-18(16-32)21-8-4-3-7-20(17)21/h3-13,24-27H,14-15H2,1-2H3/b19-13+/t24-,25+,26-,27-/m1/s1. The van der Waals surface area contributed by atoms with Gasteiger partial charge in [-0.3, -0.25) is 0 Å². The van der Waals surface area contributed by atoms with Gasteiger partial charge in [0.1, 0.15) is 11.5 Å². The molecule has 2 bridgehead atoms. The van der Waals surface area contributed by atoms with Crippen molar-refractivity contribution in [1.82, 2.24) is 0 Å². The van der Waals surface area contributed by atoms with E-state index >= 15 is 0 Å². The van der Waals surface area contributed by atoms with E-state index < -0.39 is 0 Å². The van der Waals surface area contributed by atoms with Crippen LogP contribution in [0.25, 0.3) is 27.6 Å². The molecule has 0 N–H and O–H groups in total. The smallest absolute Gasteiger partial charge is 0.130 e. The van der Waals surface area contributed by atoms with Crippen LogP contribution in [0.2, 0.25) is 0 Å². The second-order valence-corrected chi connectivity index (χ2v) is 9.86. The molecule has 3 heteroatoms. The first-order valence-corrected chi connectivity index (χ1v) is 12.0. The van der Waals surface area contributed by atoms with Crippen LogP contribution in [0, 0.1) is 23.2 Å². The van der Waals surface area contributed by atoms with Gasteiger partial charge in [0.15, 0.2) is 0 Å². The summed E-state index contributed by atoms with van der Waals surface area (Å²) in [4.78, 5) is 0. The molecule has 0 spiro atoms. The molecule has 0 saturated heterocycles. The predicted octanol–water partition coefficient (Wildman–Crippen LogP) is 7.19. The van der Waals surface area contributed by atoms with Gasteiger partial charge >= 0.3 is 0 Å². The van der Waals surface area contributed by atoms with E-state index in [1.54, 1.807) is 14.2 Å². The molecule has 0 unspecified atom stereocenters. The highest BCUT2D eigenvalue weighted by Crippen LogP contribution is 2.72. The third-order valence-corrected chi connectivity index (χ3v) is 8.58. The summed E-state index contributed by atoms with van der Waals surface area (Å²) in [5.74, 6) is 4.33. The molecular formula is C31H25NO2. The number of ether oxygens (including phenoxy) is 2. The second-order valence-electron chi connectivity index (χ2n) is 9.86. The Kier molecular flexibility index (Phi) is 4.12. The highest BCUT2D eigenvalue weighted by atomic mass is 16.5. The van der Waals surface area contributed by atoms with Gasteiger partial charge in [0.2, 0.25) is 0 Å². The van der Waals surface area contributed by atoms with Gasteiger partial charge in [-0.1, -0.05) is 66.2 Å². The van der Waals surface area contributed by atoms with Crippen molar-refractivity contribution in [1.29, 1.82) is 5.26 Å². The van der Waals surface area contributed by atoms with E-state index in [4.69, 9.17) is 9.47 Å². The Labute approximate surface area is 199 Å². The molecule has 7 rings (SSSR count). The average Bonchev–Trinajstić information content (AvgIpc) is 3.37. The number of methoxy groups -OCH3 is 2. The number of hydrogen-bond acceptors (Lipinski definition) is 3. The van der Waals surface area contributed by atoms with Crippen LogP contribution < -0.4 is 9.47 Å². The maximum atomic E-state index is 9.53. The quantitative estimate of drug-likeness (QED) is 0.337. The number of allylic oxidation sites excluding steroid dienone is 1. The van der Waals surface area contributed by atoms with Gasteiger partial charge in [0.05, 0.1) is 25.9 Å². The number of benzene rings is 4. The van der Waals surface area contributed by atoms with Gasteiger partial charge in [0, 0.05) is 27.3 Å². The SMILES string of the molecule is COc1c2c(c(OC)c3ccccc13)[C@@H]1C[C@H]2[C@H]2C/C(=C\c3ccc(C#N)c4ccccc34)[C@H]21. The first-order chi connectivity index (χ1) is 16.7. The zero-order valence-electron chi connectivity index (χ0n) is 19.3. The highest BCUT2D eigenvalue weighted by molar-refractivity contribution is 5.98. The van der Waals surface area contributed by atoms with Gasteiger partial charge in [-0.05, 0) is 53.5 Å². The Hall–Kier alpha value is -3.77. The molecule has 0 heterocycles. The first-order valence-electron chi connectivity index (χ1n) is 12.0. The van der Waals surface area contributed by atoms with Gasteiger partial charge in [-0.25, -0.2) is 0 Å². The Bertz CT molecular complexity index is 1570. The van der Waals surface area contributed by atoms with Crippen molar-refractivity contribution in [3.05, 3.63) is 88.5 Å². The number of rotatable bonds is 3. The lowest BCUT2D eigenvalue weighted by Gasteiger charge is -2.44. The lowest BCUT2D eigenvalue weighted by Crippen LogP contribution is -2.33. The molecule has 4 aromatic carbocycles. The summed E-state index contributed by atoms with van der Waals surface area (Å²) < 4.78 is 12.1. The molecular weight excluding hydrogens is 418 g/mol. The van der Waals surface area contributed by atoms with Crippen molar-refractivity contribution in [2.24, 2.45) is 11.8 Å². The van der Waals surface area contributed by atoms with Crippen LogP contribution in [0.1, 0.15) is 46.9 Å². The van der Waals surface area contributed by atoms with Crippen LogP contribution in [0.3, 0.4) is 0 Å². The largest absolute Gasteiger partial charge is 0.496 e. The molecule has 0 aliphatic heterocycles. The minimum Gasteiger partial charge on any atom is -0.496 e. The fraction of sp³-hybridized carbons (Fsp3) is 0.258. The highest BCUT2D eigenvalue weighted by Gasteiger charge is 2.59. The molecule has 3 aliphatic carbocycles. The van der Waals surface area contributed by atoms with E-state index in [0.717, 1.165) is 45.0 Å². The Morgan fingerprint density at radius 3 is 2.06 bits per heavy atom. The Morgan fingerprint density at radius 1 is 0.794 bits per heavy atom. The van der Waals surface area contributed by atoms with Crippen LogP contribution >= 0.6 is 0 Å². The molecule has 166 valence electrons. The van der Waals surface area contributed by atoms with E-state index in [0.29, 0.717) is 23.7 Å². The van der Waals surface area contributed by atoms with E-state index in [9.17, 15) is 5.26 Å². The monoisotopic (exact) mass is 443 g/mol. The minimum absolute atomic E-state index is 0.475. The van der Waals surface area contributed by atoms with Crippen molar-refractivity contribution in [2.75, 3.05) is 14.2 Å². The van der Waals surface area contributed by atoms with Crippen LogP contribution in [-0.2, 0) is 0 Å². The van der Waals surface area contributed by atoms with Crippen LogP contribution in [-0.4, -0.2) is 14.2 Å². The molecule has 0 radical (unpaired) electrons. The molecule has 3 nitrogen and oxygen atoms in total. The van der Waals surface area contributed by atoms with Gasteiger partial charge in [-0.15, -0.1) is 0 Å². The molecule has 4 atom stereocenters. The third kappa shape index (κ3) is 2.41. The Balaban J connectivity index is 1.37. The summed E-state index contributed by atoms with van der Waals surface area (Å²) in [7, 11) is 3.61. The van der Waals surface area contributed by atoms with E-state index in [1.807, 2.05) is 12.1 Å². The summed E-state index contributed by atoms with van der Waals surface area (Å²) in [6.45, 7) is 0. The van der Waals surface area contributed by atoms with Crippen LogP contribution in [0.4, 0.5) is 0 Å². The average molecular weight is 444 g/mol. The number of hydrogen-bond donors (Lipinski definition) is 0. The first kappa shape index (κ1) is 19.7. The summed E-state index contributed by atoms with van der Waals surface area (Å²) in [5, 5.41) is 14.0. The van der Waals surface area contributed by atoms with Crippen LogP contribution in [0.15, 0.2) is 66.2 Å². The van der Waals surface area contributed by atoms with Gasteiger partial charge < -0.3 is 9.47 Å². The molecule has 0 amide bonds. The fourth-order valence-electron chi connectivity index (χ4n) is 7.31. The summed E-state index contributed by atoms with van der Waals surface area (Å²) in [6, 6.07) is 23.1. The molecule has 0 aromatic heterocycles. The lowest BCUT2D eigenvalue weighted by molar-refractivity contribution is 0.264. The summed E-state index contributed by atoms with van der Waals surface area (Å²) in [6.07, 6.45) is 4.72. The van der Waals surface area contributed by atoms with Crippen molar-refractivity contribution in [3.8, 4) is 17.6 Å². The van der Waals surface area contributed by atoms with Gasteiger partial charge in [0.25, 0.3) is 0 Å². The van der Waals surface area contributed by atoms with Crippen molar-refractivity contribution >= 4 is 27.6 Å². The van der Waals surface area contributed by atoms with Crippen molar-refractivity contribution < 1.29 is 9.47 Å². The number of nitriles is 1. The maximum Gasteiger partial charge on any atom is 0.130 e. The molecule has 2 saturated carbocycles. The third-order valence-electron chi connectivity index (χ3n) is 8.58. The van der Waals surface area contributed by atoms with Crippen molar-refractivity contribution in [2.45, 2.75) is 24.7 Å². The van der Waals surface area contributed by atoms with E-state index in [2.05, 4.69) is 60.7 Å². The Morgan fingerprint density at radius 2 is 1.41 bits per heavy atom. The lowest BCUT2D eigenvalue weighted by atomic mass is 9.60. The molecule has 34 heavy (non-hydrogen) atoms. The summed E-state index contributed by atoms with van der Waals surface area (Å²) in [5.41, 5.74) is 6.26. The normalized spacial score (nSPS) is 25.1. The van der Waals surface area contributed by atoms with Crippen LogP contribution in [0.5, 0.6) is 11.5 Å². The number of nitrogens with zero attached hydrogens (tertiary/aromatic N) is 1. The fourth-order valence-corrected chi connectivity index (χ4v) is 7.31. The zero-order chi connectivity index (χ0) is 23.0. The number of fused-ring (bicyclic) bond motifs is 10. The van der Waals surface area contributed by atoms with Crippen molar-refractivity contribution in [3.63, 3.8) is 0 Å². The summed E-state index contributed by atoms with van der Waals surface area (Å²) >= 11 is 0. The molecule has 2 fully saturated rings. The molecule has 4 aromatic rings. The van der Waals surface area contributed by atoms with Gasteiger partial charge in [-0.2, -0.15) is 5.26 Å². The maximum absolute atomic E-state index is 9.53. The zero-order valence-corrected chi connectivity index (χ0v) is 19.3.